The van der Waals surface area contributed by atoms with Gasteiger partial charge in [-0.05, 0) is 61.4 Å². The summed E-state index contributed by atoms with van der Waals surface area (Å²) in [7, 11) is 0. The summed E-state index contributed by atoms with van der Waals surface area (Å²) in [5.41, 5.74) is 8.66. The van der Waals surface area contributed by atoms with Crippen LogP contribution in [0.5, 0.6) is 0 Å². The molecule has 5 aromatic heterocycles. The number of carbonyl (C=O) groups is 3. The molecule has 297 valence electrons. The smallest absolute Gasteiger partial charge is 0.697 e. The van der Waals surface area contributed by atoms with Crippen LogP contribution in [-0.2, 0) is 55.9 Å². The summed E-state index contributed by atoms with van der Waals surface area (Å²) in [6, 6.07) is 13.9. The van der Waals surface area contributed by atoms with E-state index in [-0.39, 0.29) is 59.7 Å². The Morgan fingerprint density at radius 2 is 1.61 bits per heavy atom. The van der Waals surface area contributed by atoms with Crippen molar-refractivity contribution in [3.05, 3.63) is 136 Å². The van der Waals surface area contributed by atoms with Gasteiger partial charge in [0.15, 0.2) is 0 Å². The number of halogens is 3. The van der Waals surface area contributed by atoms with Crippen molar-refractivity contribution in [2.75, 3.05) is 0 Å². The largest absolute Gasteiger partial charge is 3.00 e. The number of hydrogen-bond acceptors (Lipinski definition) is 9. The molecule has 0 spiro atoms. The Kier molecular flexibility index (Phi) is 19.4. The number of thiocyanates is 1. The Labute approximate surface area is 348 Å². The van der Waals surface area contributed by atoms with Crippen molar-refractivity contribution in [1.82, 2.24) is 19.9 Å². The van der Waals surface area contributed by atoms with Gasteiger partial charge >= 0.3 is 43.6 Å². The Hall–Kier alpha value is -5.76. The minimum atomic E-state index is -4.38. The zero-order valence-corrected chi connectivity index (χ0v) is 33.4. The number of alkyl halides is 3. The number of carboxylic acids is 3. The Balaban J connectivity index is 0.000000362. The number of nitriles is 1. The fraction of sp³-hybridized carbons (Fsp3) is 0.205. The quantitative estimate of drug-likeness (QED) is 0.0238. The second kappa shape index (κ2) is 23.3. The second-order valence-electron chi connectivity index (χ2n) is 11.6. The van der Waals surface area contributed by atoms with Crippen LogP contribution in [-0.4, -0.2) is 48.2 Å². The van der Waals surface area contributed by atoms with E-state index in [0.29, 0.717) is 11.4 Å². The van der Waals surface area contributed by atoms with E-state index in [2.05, 4.69) is 51.6 Å². The van der Waals surface area contributed by atoms with Crippen LogP contribution in [0.4, 0.5) is 13.2 Å². The number of nitrogens with one attached hydrogen (secondary N) is 1. The van der Waals surface area contributed by atoms with Gasteiger partial charge in [0.2, 0.25) is 0 Å². The van der Waals surface area contributed by atoms with Gasteiger partial charge in [-0.1, -0.05) is 49.8 Å². The molecule has 0 fully saturated rings. The zero-order valence-electron chi connectivity index (χ0n) is 30.0. The molecule has 5 aromatic rings. The molecule has 0 saturated heterocycles. The number of thiophene rings is 1. The van der Waals surface area contributed by atoms with Crippen LogP contribution < -0.4 is 4.98 Å². The molecule has 0 saturated carbocycles. The number of aromatic nitrogens is 4. The summed E-state index contributed by atoms with van der Waals surface area (Å²) in [5.74, 6) is -3.62. The van der Waals surface area contributed by atoms with Gasteiger partial charge in [0.05, 0.1) is 16.7 Å². The Morgan fingerprint density at radius 3 is 2.19 bits per heavy atom. The van der Waals surface area contributed by atoms with Crippen LogP contribution in [0, 0.1) is 10.7 Å². The summed E-state index contributed by atoms with van der Waals surface area (Å²) in [6.45, 7) is 2.20. The maximum absolute atomic E-state index is 12.7. The van der Waals surface area contributed by atoms with Gasteiger partial charge in [0.25, 0.3) is 0 Å². The molecule has 12 nitrogen and oxygen atoms in total. The van der Waals surface area contributed by atoms with Gasteiger partial charge in [-0.15, -0.1) is 22.7 Å². The van der Waals surface area contributed by atoms with Gasteiger partial charge in [-0.2, -0.15) is 19.4 Å². The van der Waals surface area contributed by atoms with Gasteiger partial charge in [-0.3, -0.25) is 15.0 Å². The SMILES string of the molecule is CCCCCCc1ccc(-c2ccc(-c3cc(C(F)(F)F)c[n-]3)nc2)s1.N#C[S-].[NH-]/C(=C\C(=C/Cc1cc(C(=O)O)ccn1)C(=O)O)c1cc(C(=O)O)ccn1.[Ru+3]. The molecule has 5 heterocycles. The van der Waals surface area contributed by atoms with Crippen molar-refractivity contribution in [3.63, 3.8) is 0 Å². The number of rotatable bonds is 14. The molecule has 0 unspecified atom stereocenters. The second-order valence-corrected chi connectivity index (χ2v) is 13.0. The molecule has 0 bridgehead atoms. The van der Waals surface area contributed by atoms with Crippen molar-refractivity contribution in [2.45, 2.75) is 51.6 Å². The van der Waals surface area contributed by atoms with Crippen LogP contribution in [0.15, 0.2) is 97.1 Å². The standard InChI is InChI=1S/C20H20F3N2S.C18H14N3O6.CHNS.Ru/c1-2-3-4-5-6-16-8-10-19(26-16)14-7-9-17(24-12-14)18-11-15(13-25-18)20(21,22)23;19-14(15-9-12(18(26)27)4-6-21-15)8-10(16(22)23)1-2-13-7-11(17(24)25)3-5-20-13;2-1-3;/h7-13H,2-6H2,1H3;1,3-9,19H,2H2,(H,22,23)(H,24,25)(H,26,27);3H;/q2*-1;;+3/p-1/b;10-1+,14-8-;;. The molecule has 4 N–H and O–H groups in total. The molecule has 0 aliphatic heterocycles. The van der Waals surface area contributed by atoms with Crippen LogP contribution in [0.3, 0.4) is 0 Å². The average molecular weight is 905 g/mol. The van der Waals surface area contributed by atoms with Crippen molar-refractivity contribution < 1.29 is 62.4 Å². The first-order valence-electron chi connectivity index (χ1n) is 16.7. The molecular formula is C39H34F3N6O6RuS2. The number of unbranched alkanes of at least 4 members (excludes halogenated alkanes) is 3. The van der Waals surface area contributed by atoms with E-state index in [1.165, 1.54) is 78.7 Å². The molecule has 1 radical (unpaired) electrons. The monoisotopic (exact) mass is 905 g/mol. The number of hydrogen-bond donors (Lipinski definition) is 3. The average Bonchev–Trinajstić information content (AvgIpc) is 3.87. The summed E-state index contributed by atoms with van der Waals surface area (Å²) >= 11 is 5.45. The van der Waals surface area contributed by atoms with Crippen LogP contribution in [0.25, 0.3) is 33.3 Å². The molecule has 0 aliphatic rings. The van der Waals surface area contributed by atoms with Gasteiger partial charge < -0.3 is 38.7 Å². The van der Waals surface area contributed by atoms with Gasteiger partial charge in [0, 0.05) is 63.0 Å². The van der Waals surface area contributed by atoms with Crippen LogP contribution in [0.2, 0.25) is 0 Å². The van der Waals surface area contributed by atoms with Crippen molar-refractivity contribution >= 4 is 47.6 Å². The van der Waals surface area contributed by atoms with Crippen molar-refractivity contribution in [1.29, 1.82) is 5.26 Å². The molecular weight excluding hydrogens is 871 g/mol. The fourth-order valence-electron chi connectivity index (χ4n) is 4.83. The number of aliphatic carboxylic acids is 1. The van der Waals surface area contributed by atoms with Crippen LogP contribution in [0.1, 0.15) is 75.2 Å². The summed E-state index contributed by atoms with van der Waals surface area (Å²) in [4.78, 5) is 51.8. The zero-order chi connectivity index (χ0) is 41.3. The maximum atomic E-state index is 12.7. The third-order valence-corrected chi connectivity index (χ3v) is 8.83. The number of allylic oxidation sites excluding steroid dienone is 1. The normalized spacial score (nSPS) is 11.1. The molecule has 57 heavy (non-hydrogen) atoms. The number of nitrogens with zero attached hydrogens (tertiary/aromatic N) is 5. The van der Waals surface area contributed by atoms with E-state index < -0.39 is 29.6 Å². The summed E-state index contributed by atoms with van der Waals surface area (Å²) < 4.78 is 38.0. The van der Waals surface area contributed by atoms with Crippen molar-refractivity contribution in [2.24, 2.45) is 0 Å². The van der Waals surface area contributed by atoms with Crippen LogP contribution >= 0.6 is 11.3 Å². The molecule has 0 aliphatic carbocycles. The topological polar surface area (TPSA) is 212 Å². The Bertz CT molecular complexity index is 2220. The number of aryl methyl sites for hydroxylation is 1. The minimum absolute atomic E-state index is 0. The predicted molar refractivity (Wildman–Crippen MR) is 206 cm³/mol. The third kappa shape index (κ3) is 15.4. The van der Waals surface area contributed by atoms with E-state index in [1.54, 1.807) is 23.6 Å². The first-order valence-corrected chi connectivity index (χ1v) is 17.9. The van der Waals surface area contributed by atoms with Crippen molar-refractivity contribution in [3.8, 4) is 27.2 Å². The first kappa shape index (κ1) is 47.4. The number of pyridine rings is 3. The summed E-state index contributed by atoms with van der Waals surface area (Å²) in [6.07, 6.45) is 9.10. The molecule has 0 amide bonds. The minimum Gasteiger partial charge on any atom is -0.697 e. The van der Waals surface area contributed by atoms with E-state index in [9.17, 15) is 32.7 Å². The molecule has 0 atom stereocenters. The number of carboxylic acid groups (broad SMARTS) is 3. The van der Waals surface area contributed by atoms with Gasteiger partial charge in [0.1, 0.15) is 0 Å². The summed E-state index contributed by atoms with van der Waals surface area (Å²) in [5, 5.41) is 35.7. The Morgan fingerprint density at radius 1 is 0.947 bits per heavy atom. The molecule has 0 aromatic carbocycles. The first-order chi connectivity index (χ1) is 26.7. The predicted octanol–water partition coefficient (Wildman–Crippen LogP) is 9.11. The van der Waals surface area contributed by atoms with Gasteiger partial charge in [-0.25, -0.2) is 19.6 Å². The fourth-order valence-corrected chi connectivity index (χ4v) is 5.87. The molecule has 18 heteroatoms. The van der Waals surface area contributed by atoms with E-state index in [4.69, 9.17) is 21.2 Å². The maximum Gasteiger partial charge on any atom is 3.00 e. The molecule has 5 rings (SSSR count). The van der Waals surface area contributed by atoms with E-state index >= 15 is 0 Å². The third-order valence-electron chi connectivity index (χ3n) is 7.64. The number of aromatic carboxylic acids is 2. The van der Waals surface area contributed by atoms with E-state index in [1.807, 2.05) is 6.07 Å². The van der Waals surface area contributed by atoms with E-state index in [0.717, 1.165) is 35.2 Å².